The quantitative estimate of drug-likeness (QED) is 0.871. The first-order valence-corrected chi connectivity index (χ1v) is 6.76. The van der Waals surface area contributed by atoms with E-state index in [9.17, 15) is 0 Å². The number of hydrogen-bond donors (Lipinski definition) is 1. The van der Waals surface area contributed by atoms with Crippen molar-refractivity contribution in [2.75, 3.05) is 0 Å². The minimum Gasteiger partial charge on any atom is -0.323 e. The summed E-state index contributed by atoms with van der Waals surface area (Å²) in [6, 6.07) is 11.0. The Balaban J connectivity index is 2.18. The van der Waals surface area contributed by atoms with Gasteiger partial charge in [0.1, 0.15) is 0 Å². The van der Waals surface area contributed by atoms with Crippen LogP contribution in [0.4, 0.5) is 0 Å². The second kappa shape index (κ2) is 5.03. The van der Waals surface area contributed by atoms with Gasteiger partial charge in [-0.25, -0.2) is 0 Å². The maximum absolute atomic E-state index is 6.27. The number of benzene rings is 1. The lowest BCUT2D eigenvalue weighted by Gasteiger charge is -2.12. The summed E-state index contributed by atoms with van der Waals surface area (Å²) in [7, 11) is 0. The fourth-order valence-corrected chi connectivity index (χ4v) is 2.89. The molecule has 0 amide bonds. The summed E-state index contributed by atoms with van der Waals surface area (Å²) < 4.78 is 0. The Morgan fingerprint density at radius 2 is 1.88 bits per heavy atom. The third-order valence-electron chi connectivity index (χ3n) is 3.07. The van der Waals surface area contributed by atoms with Crippen LogP contribution in [0.15, 0.2) is 30.3 Å². The van der Waals surface area contributed by atoms with E-state index in [1.165, 1.54) is 26.4 Å². The zero-order valence-electron chi connectivity index (χ0n) is 10.7. The summed E-state index contributed by atoms with van der Waals surface area (Å²) in [5, 5.41) is 0. The van der Waals surface area contributed by atoms with E-state index in [1.807, 2.05) is 0 Å². The molecule has 1 atom stereocenters. The standard InChI is InChI=1S/C15H19NS/c1-10-4-5-11(2)13(8-10)9-14(16)15-7-6-12(3)17-15/h4-8,14H,9,16H2,1-3H3. The summed E-state index contributed by atoms with van der Waals surface area (Å²) in [4.78, 5) is 2.61. The molecule has 0 saturated carbocycles. The molecule has 1 unspecified atom stereocenters. The highest BCUT2D eigenvalue weighted by molar-refractivity contribution is 7.12. The molecule has 0 saturated heterocycles. The predicted octanol–water partition coefficient (Wildman–Crippen LogP) is 3.92. The van der Waals surface area contributed by atoms with Crippen LogP contribution in [0.5, 0.6) is 0 Å². The van der Waals surface area contributed by atoms with Gasteiger partial charge in [0, 0.05) is 15.8 Å². The first-order chi connectivity index (χ1) is 8.06. The molecule has 1 heterocycles. The molecular formula is C15H19NS. The Labute approximate surface area is 107 Å². The first kappa shape index (κ1) is 12.3. The van der Waals surface area contributed by atoms with Crippen LogP contribution in [0.2, 0.25) is 0 Å². The number of aryl methyl sites for hydroxylation is 3. The van der Waals surface area contributed by atoms with Gasteiger partial charge in [0.25, 0.3) is 0 Å². The molecule has 1 aromatic heterocycles. The fourth-order valence-electron chi connectivity index (χ4n) is 2.01. The van der Waals surface area contributed by atoms with Crippen LogP contribution >= 0.6 is 11.3 Å². The maximum Gasteiger partial charge on any atom is 0.0430 e. The molecule has 0 spiro atoms. The van der Waals surface area contributed by atoms with E-state index in [-0.39, 0.29) is 6.04 Å². The molecule has 17 heavy (non-hydrogen) atoms. The highest BCUT2D eigenvalue weighted by Gasteiger charge is 2.10. The Bertz CT molecular complexity index is 513. The van der Waals surface area contributed by atoms with Crippen molar-refractivity contribution in [1.29, 1.82) is 0 Å². The van der Waals surface area contributed by atoms with Crippen LogP contribution in [0.25, 0.3) is 0 Å². The highest BCUT2D eigenvalue weighted by atomic mass is 32.1. The molecule has 2 N–H and O–H groups in total. The van der Waals surface area contributed by atoms with Gasteiger partial charge in [-0.15, -0.1) is 11.3 Å². The van der Waals surface area contributed by atoms with E-state index < -0.39 is 0 Å². The second-order valence-electron chi connectivity index (χ2n) is 4.69. The monoisotopic (exact) mass is 245 g/mol. The van der Waals surface area contributed by atoms with Gasteiger partial charge in [0.15, 0.2) is 0 Å². The number of hydrogen-bond acceptors (Lipinski definition) is 2. The molecular weight excluding hydrogens is 226 g/mol. The fraction of sp³-hybridized carbons (Fsp3) is 0.333. The first-order valence-electron chi connectivity index (χ1n) is 5.94. The van der Waals surface area contributed by atoms with E-state index in [0.717, 1.165) is 6.42 Å². The van der Waals surface area contributed by atoms with Crippen LogP contribution in [0, 0.1) is 20.8 Å². The molecule has 0 aliphatic heterocycles. The Kier molecular flexibility index (Phi) is 3.65. The maximum atomic E-state index is 6.27. The van der Waals surface area contributed by atoms with Crippen molar-refractivity contribution >= 4 is 11.3 Å². The van der Waals surface area contributed by atoms with Crippen molar-refractivity contribution in [1.82, 2.24) is 0 Å². The topological polar surface area (TPSA) is 26.0 Å². The van der Waals surface area contributed by atoms with Crippen molar-refractivity contribution in [2.45, 2.75) is 33.2 Å². The van der Waals surface area contributed by atoms with Crippen molar-refractivity contribution in [2.24, 2.45) is 5.73 Å². The Morgan fingerprint density at radius 3 is 2.53 bits per heavy atom. The zero-order chi connectivity index (χ0) is 12.4. The van der Waals surface area contributed by atoms with E-state index in [4.69, 9.17) is 5.73 Å². The Hall–Kier alpha value is -1.12. The zero-order valence-corrected chi connectivity index (χ0v) is 11.5. The molecule has 1 aromatic carbocycles. The molecule has 1 nitrogen and oxygen atoms in total. The van der Waals surface area contributed by atoms with Gasteiger partial charge in [-0.1, -0.05) is 23.8 Å². The summed E-state index contributed by atoms with van der Waals surface area (Å²) >= 11 is 1.80. The van der Waals surface area contributed by atoms with Gasteiger partial charge in [-0.3, -0.25) is 0 Å². The predicted molar refractivity (Wildman–Crippen MR) is 75.6 cm³/mol. The average molecular weight is 245 g/mol. The van der Waals surface area contributed by atoms with Gasteiger partial charge in [0.2, 0.25) is 0 Å². The summed E-state index contributed by atoms with van der Waals surface area (Å²) in [6.07, 6.45) is 0.924. The molecule has 0 radical (unpaired) electrons. The van der Waals surface area contributed by atoms with Crippen LogP contribution < -0.4 is 5.73 Å². The summed E-state index contributed by atoms with van der Waals surface area (Å²) in [5.74, 6) is 0. The number of nitrogens with two attached hydrogens (primary N) is 1. The van der Waals surface area contributed by atoms with Gasteiger partial charge < -0.3 is 5.73 Å². The molecule has 0 aliphatic carbocycles. The van der Waals surface area contributed by atoms with E-state index in [0.29, 0.717) is 0 Å². The molecule has 90 valence electrons. The van der Waals surface area contributed by atoms with Crippen molar-refractivity contribution in [3.05, 3.63) is 56.8 Å². The second-order valence-corrected chi connectivity index (χ2v) is 6.01. The number of rotatable bonds is 3. The minimum absolute atomic E-state index is 0.120. The lowest BCUT2D eigenvalue weighted by atomic mass is 9.99. The van der Waals surface area contributed by atoms with E-state index in [1.54, 1.807) is 11.3 Å². The lowest BCUT2D eigenvalue weighted by molar-refractivity contribution is 0.732. The van der Waals surface area contributed by atoms with E-state index in [2.05, 4.69) is 51.1 Å². The van der Waals surface area contributed by atoms with Gasteiger partial charge in [0.05, 0.1) is 0 Å². The molecule has 0 bridgehead atoms. The minimum atomic E-state index is 0.120. The van der Waals surface area contributed by atoms with Crippen LogP contribution in [-0.4, -0.2) is 0 Å². The number of thiophene rings is 1. The molecule has 0 fully saturated rings. The van der Waals surface area contributed by atoms with Gasteiger partial charge in [-0.05, 0) is 50.5 Å². The van der Waals surface area contributed by atoms with Gasteiger partial charge >= 0.3 is 0 Å². The normalized spacial score (nSPS) is 12.7. The van der Waals surface area contributed by atoms with Crippen LogP contribution in [0.3, 0.4) is 0 Å². The van der Waals surface area contributed by atoms with Crippen molar-refractivity contribution in [3.63, 3.8) is 0 Å². The Morgan fingerprint density at radius 1 is 1.12 bits per heavy atom. The molecule has 2 rings (SSSR count). The van der Waals surface area contributed by atoms with Crippen molar-refractivity contribution < 1.29 is 0 Å². The van der Waals surface area contributed by atoms with E-state index >= 15 is 0 Å². The van der Waals surface area contributed by atoms with Crippen LogP contribution in [0.1, 0.15) is 32.5 Å². The third kappa shape index (κ3) is 2.96. The van der Waals surface area contributed by atoms with Gasteiger partial charge in [-0.2, -0.15) is 0 Å². The molecule has 0 aliphatic rings. The molecule has 2 heteroatoms. The lowest BCUT2D eigenvalue weighted by Crippen LogP contribution is -2.12. The molecule has 2 aromatic rings. The highest BCUT2D eigenvalue weighted by Crippen LogP contribution is 2.25. The third-order valence-corrected chi connectivity index (χ3v) is 4.20. The SMILES string of the molecule is Cc1ccc(C)c(CC(N)c2ccc(C)s2)c1. The largest absolute Gasteiger partial charge is 0.323 e. The van der Waals surface area contributed by atoms with Crippen LogP contribution in [-0.2, 0) is 6.42 Å². The summed E-state index contributed by atoms with van der Waals surface area (Å²) in [5.41, 5.74) is 10.3. The summed E-state index contributed by atoms with van der Waals surface area (Å²) in [6.45, 7) is 6.41. The average Bonchev–Trinajstić information content (AvgIpc) is 2.70. The van der Waals surface area contributed by atoms with Crippen molar-refractivity contribution in [3.8, 4) is 0 Å². The smallest absolute Gasteiger partial charge is 0.0430 e.